The molecule has 1 heterocycles. The molecule has 1 aliphatic rings. The monoisotopic (exact) mass is 141 g/mol. The van der Waals surface area contributed by atoms with Gasteiger partial charge in [-0.05, 0) is 19.8 Å². The molecule has 0 bridgehead atoms. The average Bonchev–Trinajstić information content (AvgIpc) is 2.36. The van der Waals surface area contributed by atoms with Crippen LogP contribution < -0.4 is 5.73 Å². The summed E-state index contributed by atoms with van der Waals surface area (Å²) in [6.45, 7) is 5.20. The van der Waals surface area contributed by atoms with Crippen LogP contribution in [0.1, 0.15) is 12.8 Å². The third-order valence-electron chi connectivity index (χ3n) is 1.73. The normalized spacial score (nSPS) is 21.2. The van der Waals surface area contributed by atoms with Gasteiger partial charge < -0.3 is 10.6 Å². The number of rotatable bonds is 1. The topological polar surface area (TPSA) is 46.3 Å². The highest BCUT2D eigenvalue weighted by atomic mass is 16.2. The van der Waals surface area contributed by atoms with Crippen LogP contribution in [0.3, 0.4) is 0 Å². The lowest BCUT2D eigenvalue weighted by atomic mass is 10.3. The minimum atomic E-state index is -0.571. The lowest BCUT2D eigenvalue weighted by Gasteiger charge is -2.16. The Balaban J connectivity index is 2.40. The molecular weight excluding hydrogens is 128 g/mol. The number of carbonyl (C=O) groups is 1. The minimum absolute atomic E-state index is 0.0162. The lowest BCUT2D eigenvalue weighted by Crippen LogP contribution is -2.40. The van der Waals surface area contributed by atoms with Gasteiger partial charge in [0.2, 0.25) is 5.91 Å². The SMILES string of the molecule is [CH2]C(N)C(=O)N1CCCC1. The first-order chi connectivity index (χ1) is 4.72. The van der Waals surface area contributed by atoms with E-state index in [2.05, 4.69) is 6.92 Å². The summed E-state index contributed by atoms with van der Waals surface area (Å²) in [7, 11) is 0. The molecule has 0 aromatic heterocycles. The molecule has 1 fully saturated rings. The van der Waals surface area contributed by atoms with E-state index in [0.717, 1.165) is 25.9 Å². The third kappa shape index (κ3) is 1.48. The van der Waals surface area contributed by atoms with Crippen LogP contribution in [-0.4, -0.2) is 29.9 Å². The van der Waals surface area contributed by atoms with Crippen LogP contribution in [0.15, 0.2) is 0 Å². The molecule has 0 spiro atoms. The van der Waals surface area contributed by atoms with Crippen LogP contribution >= 0.6 is 0 Å². The molecule has 1 amide bonds. The Bertz CT molecular complexity index is 128. The molecule has 1 radical (unpaired) electrons. The molecule has 0 aliphatic carbocycles. The highest BCUT2D eigenvalue weighted by Crippen LogP contribution is 2.07. The average molecular weight is 141 g/mol. The van der Waals surface area contributed by atoms with Crippen molar-refractivity contribution in [3.63, 3.8) is 0 Å². The molecule has 1 rings (SSSR count). The number of amides is 1. The molecule has 3 heteroatoms. The molecule has 0 saturated carbocycles. The fraction of sp³-hybridized carbons (Fsp3) is 0.714. The Morgan fingerprint density at radius 1 is 1.50 bits per heavy atom. The molecule has 1 unspecified atom stereocenters. The standard InChI is InChI=1S/C7H13N2O/c1-6(8)7(10)9-4-2-3-5-9/h6H,1-5,8H2. The van der Waals surface area contributed by atoms with Crippen molar-refractivity contribution in [1.29, 1.82) is 0 Å². The quantitative estimate of drug-likeness (QED) is 0.548. The molecule has 2 N–H and O–H groups in total. The summed E-state index contributed by atoms with van der Waals surface area (Å²) < 4.78 is 0. The Hall–Kier alpha value is -0.570. The molecule has 57 valence electrons. The second-order valence-corrected chi connectivity index (χ2v) is 2.64. The number of carbonyl (C=O) groups excluding carboxylic acids is 1. The van der Waals surface area contributed by atoms with Crippen LogP contribution in [-0.2, 0) is 4.79 Å². The first kappa shape index (κ1) is 7.54. The van der Waals surface area contributed by atoms with Crippen molar-refractivity contribution in [2.24, 2.45) is 5.73 Å². The van der Waals surface area contributed by atoms with E-state index in [0.29, 0.717) is 0 Å². The second-order valence-electron chi connectivity index (χ2n) is 2.64. The zero-order chi connectivity index (χ0) is 7.56. The number of likely N-dealkylation sites (tertiary alicyclic amines) is 1. The van der Waals surface area contributed by atoms with E-state index in [1.165, 1.54) is 0 Å². The van der Waals surface area contributed by atoms with Crippen LogP contribution in [0.2, 0.25) is 0 Å². The van der Waals surface area contributed by atoms with Crippen molar-refractivity contribution >= 4 is 5.91 Å². The van der Waals surface area contributed by atoms with Crippen molar-refractivity contribution in [1.82, 2.24) is 4.90 Å². The molecule has 1 saturated heterocycles. The molecule has 0 aromatic rings. The fourth-order valence-electron chi connectivity index (χ4n) is 1.17. The number of hydrogen-bond donors (Lipinski definition) is 1. The number of nitrogens with zero attached hydrogens (tertiary/aromatic N) is 1. The van der Waals surface area contributed by atoms with E-state index >= 15 is 0 Å². The summed E-state index contributed by atoms with van der Waals surface area (Å²) in [5, 5.41) is 0. The first-order valence-corrected chi connectivity index (χ1v) is 3.59. The van der Waals surface area contributed by atoms with Crippen molar-refractivity contribution in [2.75, 3.05) is 13.1 Å². The summed E-state index contributed by atoms with van der Waals surface area (Å²) in [5.74, 6) is -0.0162. The minimum Gasteiger partial charge on any atom is -0.341 e. The first-order valence-electron chi connectivity index (χ1n) is 3.59. The fourth-order valence-corrected chi connectivity index (χ4v) is 1.17. The second kappa shape index (κ2) is 3.01. The van der Waals surface area contributed by atoms with Gasteiger partial charge in [-0.1, -0.05) is 0 Å². The van der Waals surface area contributed by atoms with Crippen LogP contribution in [0.5, 0.6) is 0 Å². The lowest BCUT2D eigenvalue weighted by molar-refractivity contribution is -0.130. The van der Waals surface area contributed by atoms with Gasteiger partial charge in [-0.25, -0.2) is 0 Å². The van der Waals surface area contributed by atoms with Gasteiger partial charge in [0.1, 0.15) is 0 Å². The van der Waals surface area contributed by atoms with E-state index in [9.17, 15) is 4.79 Å². The molecule has 3 nitrogen and oxygen atoms in total. The Labute approximate surface area is 61.2 Å². The van der Waals surface area contributed by atoms with Gasteiger partial charge in [0, 0.05) is 13.1 Å². The maximum absolute atomic E-state index is 11.1. The van der Waals surface area contributed by atoms with Gasteiger partial charge in [0.15, 0.2) is 0 Å². The van der Waals surface area contributed by atoms with E-state index < -0.39 is 6.04 Å². The highest BCUT2D eigenvalue weighted by Gasteiger charge is 2.20. The summed E-state index contributed by atoms with van der Waals surface area (Å²) in [6, 6.07) is -0.571. The molecule has 10 heavy (non-hydrogen) atoms. The smallest absolute Gasteiger partial charge is 0.239 e. The van der Waals surface area contributed by atoms with Gasteiger partial charge in [-0.2, -0.15) is 0 Å². The Kier molecular flexibility index (Phi) is 2.27. The van der Waals surface area contributed by atoms with E-state index in [4.69, 9.17) is 5.73 Å². The van der Waals surface area contributed by atoms with E-state index in [-0.39, 0.29) is 5.91 Å². The number of nitrogens with two attached hydrogens (primary N) is 1. The summed E-state index contributed by atoms with van der Waals surface area (Å²) in [6.07, 6.45) is 2.22. The molecular formula is C7H13N2O. The number of hydrogen-bond acceptors (Lipinski definition) is 2. The van der Waals surface area contributed by atoms with E-state index in [1.807, 2.05) is 0 Å². The summed E-state index contributed by atoms with van der Waals surface area (Å²) >= 11 is 0. The predicted molar refractivity (Wildman–Crippen MR) is 39.1 cm³/mol. The van der Waals surface area contributed by atoms with Crippen LogP contribution in [0.4, 0.5) is 0 Å². The van der Waals surface area contributed by atoms with Crippen LogP contribution in [0.25, 0.3) is 0 Å². The molecule has 0 aromatic carbocycles. The summed E-state index contributed by atoms with van der Waals surface area (Å²) in [5.41, 5.74) is 5.31. The third-order valence-corrected chi connectivity index (χ3v) is 1.73. The predicted octanol–water partition coefficient (Wildman–Crippen LogP) is -0.230. The largest absolute Gasteiger partial charge is 0.341 e. The maximum atomic E-state index is 11.1. The van der Waals surface area contributed by atoms with Gasteiger partial charge in [-0.15, -0.1) is 0 Å². The molecule has 1 atom stereocenters. The summed E-state index contributed by atoms with van der Waals surface area (Å²) in [4.78, 5) is 12.9. The van der Waals surface area contributed by atoms with Crippen molar-refractivity contribution in [2.45, 2.75) is 18.9 Å². The van der Waals surface area contributed by atoms with Crippen LogP contribution in [0, 0.1) is 6.92 Å². The zero-order valence-corrected chi connectivity index (χ0v) is 6.05. The van der Waals surface area contributed by atoms with Gasteiger partial charge >= 0.3 is 0 Å². The van der Waals surface area contributed by atoms with Crippen molar-refractivity contribution in [3.8, 4) is 0 Å². The van der Waals surface area contributed by atoms with E-state index in [1.54, 1.807) is 4.90 Å². The molecule has 1 aliphatic heterocycles. The van der Waals surface area contributed by atoms with Gasteiger partial charge in [0.05, 0.1) is 6.04 Å². The van der Waals surface area contributed by atoms with Crippen molar-refractivity contribution < 1.29 is 4.79 Å². The van der Waals surface area contributed by atoms with Crippen molar-refractivity contribution in [3.05, 3.63) is 6.92 Å². The maximum Gasteiger partial charge on any atom is 0.239 e. The highest BCUT2D eigenvalue weighted by molar-refractivity contribution is 5.82. The zero-order valence-electron chi connectivity index (χ0n) is 6.05. The Morgan fingerprint density at radius 3 is 2.40 bits per heavy atom. The Morgan fingerprint density at radius 2 is 2.00 bits per heavy atom. The van der Waals surface area contributed by atoms with Gasteiger partial charge in [-0.3, -0.25) is 4.79 Å². The van der Waals surface area contributed by atoms with Gasteiger partial charge in [0.25, 0.3) is 0 Å².